The molecule has 2 aromatic rings. The molecule has 1 aromatic carbocycles. The number of benzene rings is 1. The third kappa shape index (κ3) is 4.08. The molecule has 1 aromatic heterocycles. The highest BCUT2D eigenvalue weighted by molar-refractivity contribution is 5.76. The van der Waals surface area contributed by atoms with Crippen LogP contribution in [0, 0.1) is 31.1 Å². The van der Waals surface area contributed by atoms with Crippen molar-refractivity contribution < 1.29 is 4.79 Å². The van der Waals surface area contributed by atoms with Crippen LogP contribution in [0.5, 0.6) is 0 Å². The Kier molecular flexibility index (Phi) is 5.41. The molecule has 0 N–H and O–H groups in total. The fourth-order valence-electron chi connectivity index (χ4n) is 3.30. The maximum absolute atomic E-state index is 13.1. The van der Waals surface area contributed by atoms with Crippen LogP contribution in [0.15, 0.2) is 35.1 Å². The minimum atomic E-state index is -0.507. The Balaban J connectivity index is 1.88. The minimum absolute atomic E-state index is 0.0557. The van der Waals surface area contributed by atoms with Crippen molar-refractivity contribution in [2.45, 2.75) is 52.7 Å². The van der Waals surface area contributed by atoms with Crippen LogP contribution in [0.1, 0.15) is 42.1 Å². The van der Waals surface area contributed by atoms with Gasteiger partial charge in [0.05, 0.1) is 5.69 Å². The molecule has 0 spiro atoms. The molecular formula is C21H24N4O2. The highest BCUT2D eigenvalue weighted by atomic mass is 16.2. The van der Waals surface area contributed by atoms with Gasteiger partial charge in [-0.2, -0.15) is 10.4 Å². The molecule has 0 bridgehead atoms. The molecule has 0 saturated heterocycles. The summed E-state index contributed by atoms with van der Waals surface area (Å²) in [6, 6.07) is 11.9. The van der Waals surface area contributed by atoms with Crippen LogP contribution >= 0.6 is 0 Å². The van der Waals surface area contributed by atoms with E-state index in [-0.39, 0.29) is 24.1 Å². The number of nitriles is 1. The van der Waals surface area contributed by atoms with E-state index >= 15 is 0 Å². The number of hydrogen-bond acceptors (Lipinski definition) is 4. The molecule has 3 rings (SSSR count). The topological polar surface area (TPSA) is 79.0 Å². The average molecular weight is 364 g/mol. The van der Waals surface area contributed by atoms with Crippen LogP contribution in [0.25, 0.3) is 0 Å². The smallest absolute Gasteiger partial charge is 0.285 e. The number of aryl methyl sites for hydroxylation is 1. The second-order valence-electron chi connectivity index (χ2n) is 7.25. The van der Waals surface area contributed by atoms with E-state index in [1.54, 1.807) is 13.8 Å². The summed E-state index contributed by atoms with van der Waals surface area (Å²) in [6.07, 6.45) is 2.25. The van der Waals surface area contributed by atoms with Crippen molar-refractivity contribution in [3.05, 3.63) is 63.1 Å². The van der Waals surface area contributed by atoms with Crippen LogP contribution in [-0.4, -0.2) is 26.6 Å². The van der Waals surface area contributed by atoms with Gasteiger partial charge in [-0.05, 0) is 50.7 Å². The van der Waals surface area contributed by atoms with E-state index in [9.17, 15) is 14.9 Å². The first kappa shape index (κ1) is 18.8. The lowest BCUT2D eigenvalue weighted by molar-refractivity contribution is -0.135. The Labute approximate surface area is 159 Å². The highest BCUT2D eigenvalue weighted by Gasteiger charge is 2.34. The SMILES string of the molecule is Cc1nn(CC(=O)N(Cc2ccccc2)[C@H](C)C2CC2)c(=O)c(C#N)c1C. The van der Waals surface area contributed by atoms with Gasteiger partial charge in [0, 0.05) is 12.6 Å². The standard InChI is InChI=1S/C21H24N4O2/c1-14-15(2)23-25(21(27)19(14)11-22)13-20(26)24(16(3)18-9-10-18)12-17-7-5-4-6-8-17/h4-8,16,18H,9-10,12-13H2,1-3H3/t16-/m1/s1. The molecule has 0 unspecified atom stereocenters. The molecule has 0 radical (unpaired) electrons. The van der Waals surface area contributed by atoms with Crippen molar-refractivity contribution in [3.8, 4) is 6.07 Å². The third-order valence-corrected chi connectivity index (χ3v) is 5.35. The van der Waals surface area contributed by atoms with E-state index in [1.807, 2.05) is 41.3 Å². The number of rotatable bonds is 6. The van der Waals surface area contributed by atoms with Crippen LogP contribution in [-0.2, 0) is 17.9 Å². The molecule has 27 heavy (non-hydrogen) atoms. The van der Waals surface area contributed by atoms with Crippen molar-refractivity contribution in [1.29, 1.82) is 5.26 Å². The van der Waals surface area contributed by atoms with Crippen molar-refractivity contribution in [1.82, 2.24) is 14.7 Å². The molecule has 1 aliphatic rings. The van der Waals surface area contributed by atoms with Crippen LogP contribution in [0.2, 0.25) is 0 Å². The second-order valence-corrected chi connectivity index (χ2v) is 7.25. The van der Waals surface area contributed by atoms with Gasteiger partial charge in [-0.1, -0.05) is 30.3 Å². The molecule has 140 valence electrons. The van der Waals surface area contributed by atoms with Gasteiger partial charge >= 0.3 is 0 Å². The van der Waals surface area contributed by atoms with Gasteiger partial charge in [-0.15, -0.1) is 0 Å². The molecule has 6 heteroatoms. The molecule has 6 nitrogen and oxygen atoms in total. The summed E-state index contributed by atoms with van der Waals surface area (Å²) in [4.78, 5) is 27.4. The minimum Gasteiger partial charge on any atom is -0.334 e. The Morgan fingerprint density at radius 1 is 1.33 bits per heavy atom. The zero-order chi connectivity index (χ0) is 19.6. The first-order chi connectivity index (χ1) is 12.9. The predicted octanol–water partition coefficient (Wildman–Crippen LogP) is 2.56. The molecule has 1 aliphatic carbocycles. The summed E-state index contributed by atoms with van der Waals surface area (Å²) in [6.45, 7) is 5.85. The van der Waals surface area contributed by atoms with Gasteiger partial charge in [0.25, 0.3) is 5.56 Å². The largest absolute Gasteiger partial charge is 0.334 e. The van der Waals surface area contributed by atoms with E-state index < -0.39 is 5.56 Å². The fraction of sp³-hybridized carbons (Fsp3) is 0.429. The first-order valence-electron chi connectivity index (χ1n) is 9.24. The molecule has 1 amide bonds. The third-order valence-electron chi connectivity index (χ3n) is 5.35. The van der Waals surface area contributed by atoms with E-state index in [0.29, 0.717) is 23.7 Å². The van der Waals surface area contributed by atoms with E-state index in [0.717, 1.165) is 23.1 Å². The van der Waals surface area contributed by atoms with Crippen molar-refractivity contribution in [3.63, 3.8) is 0 Å². The lowest BCUT2D eigenvalue weighted by Crippen LogP contribution is -2.43. The lowest BCUT2D eigenvalue weighted by Gasteiger charge is -2.30. The maximum atomic E-state index is 13.1. The quantitative estimate of drug-likeness (QED) is 0.789. The van der Waals surface area contributed by atoms with Gasteiger partial charge in [0.1, 0.15) is 18.2 Å². The predicted molar refractivity (Wildman–Crippen MR) is 102 cm³/mol. The van der Waals surface area contributed by atoms with E-state index in [4.69, 9.17) is 0 Å². The molecule has 0 aliphatic heterocycles. The Morgan fingerprint density at radius 2 is 2.00 bits per heavy atom. The van der Waals surface area contributed by atoms with Crippen LogP contribution in [0.3, 0.4) is 0 Å². The van der Waals surface area contributed by atoms with Crippen molar-refractivity contribution >= 4 is 5.91 Å². The number of amides is 1. The van der Waals surface area contributed by atoms with Crippen LogP contribution < -0.4 is 5.56 Å². The van der Waals surface area contributed by atoms with Gasteiger partial charge < -0.3 is 4.90 Å². The van der Waals surface area contributed by atoms with E-state index in [2.05, 4.69) is 12.0 Å². The van der Waals surface area contributed by atoms with Crippen LogP contribution in [0.4, 0.5) is 0 Å². The summed E-state index contributed by atoms with van der Waals surface area (Å²) >= 11 is 0. The lowest BCUT2D eigenvalue weighted by atomic mass is 10.1. The van der Waals surface area contributed by atoms with Crippen molar-refractivity contribution in [2.75, 3.05) is 0 Å². The summed E-state index contributed by atoms with van der Waals surface area (Å²) in [7, 11) is 0. The number of aromatic nitrogens is 2. The zero-order valence-corrected chi connectivity index (χ0v) is 16.0. The number of hydrogen-bond donors (Lipinski definition) is 0. The van der Waals surface area contributed by atoms with E-state index in [1.165, 1.54) is 0 Å². The molecule has 1 fully saturated rings. The molecule has 1 heterocycles. The second kappa shape index (κ2) is 7.75. The van der Waals surface area contributed by atoms with Gasteiger partial charge in [-0.25, -0.2) is 4.68 Å². The fourth-order valence-corrected chi connectivity index (χ4v) is 3.30. The first-order valence-corrected chi connectivity index (χ1v) is 9.24. The Bertz CT molecular complexity index is 939. The van der Waals surface area contributed by atoms with Crippen molar-refractivity contribution in [2.24, 2.45) is 5.92 Å². The molecule has 1 saturated carbocycles. The Hall–Kier alpha value is -2.94. The number of carbonyl (C=O) groups excluding carboxylic acids is 1. The van der Waals surface area contributed by atoms with Gasteiger partial charge in [-0.3, -0.25) is 9.59 Å². The normalized spacial score (nSPS) is 14.4. The number of nitrogens with zero attached hydrogens (tertiary/aromatic N) is 4. The molecule has 1 atom stereocenters. The Morgan fingerprint density at radius 3 is 2.59 bits per heavy atom. The maximum Gasteiger partial charge on any atom is 0.285 e. The van der Waals surface area contributed by atoms with Gasteiger partial charge in [0.15, 0.2) is 0 Å². The summed E-state index contributed by atoms with van der Waals surface area (Å²) in [5.41, 5.74) is 1.76. The summed E-state index contributed by atoms with van der Waals surface area (Å²) in [5.74, 6) is 0.358. The zero-order valence-electron chi connectivity index (χ0n) is 16.0. The highest BCUT2D eigenvalue weighted by Crippen LogP contribution is 2.35. The monoisotopic (exact) mass is 364 g/mol. The van der Waals surface area contributed by atoms with Gasteiger partial charge in [0.2, 0.25) is 5.91 Å². The summed E-state index contributed by atoms with van der Waals surface area (Å²) in [5, 5.41) is 13.5. The average Bonchev–Trinajstić information content (AvgIpc) is 3.50. The summed E-state index contributed by atoms with van der Waals surface area (Å²) < 4.78 is 1.13. The number of carbonyl (C=O) groups is 1. The molecular weight excluding hydrogens is 340 g/mol.